The average molecular weight is 411 g/mol. The number of aromatic amines is 1. The molecule has 0 aliphatic carbocycles. The van der Waals surface area contributed by atoms with Crippen LogP contribution >= 0.6 is 11.3 Å². The molecule has 2 atom stereocenters. The molecule has 29 heavy (non-hydrogen) atoms. The van der Waals surface area contributed by atoms with Crippen LogP contribution in [0.3, 0.4) is 0 Å². The number of hydrogen-bond donors (Lipinski definition) is 1. The van der Waals surface area contributed by atoms with Crippen molar-refractivity contribution in [3.05, 3.63) is 59.5 Å². The van der Waals surface area contributed by atoms with Gasteiger partial charge >= 0.3 is 0 Å². The lowest BCUT2D eigenvalue weighted by Crippen LogP contribution is -2.52. The Bertz CT molecular complexity index is 941. The number of H-pyrrole nitrogens is 1. The van der Waals surface area contributed by atoms with E-state index >= 15 is 0 Å². The zero-order valence-electron chi connectivity index (χ0n) is 16.8. The lowest BCUT2D eigenvalue weighted by atomic mass is 9.82. The Morgan fingerprint density at radius 3 is 3.00 bits per heavy atom. The predicted molar refractivity (Wildman–Crippen MR) is 114 cm³/mol. The van der Waals surface area contributed by atoms with Crippen LogP contribution < -0.4 is 0 Å². The van der Waals surface area contributed by atoms with Gasteiger partial charge in [-0.2, -0.15) is 5.10 Å². The number of likely N-dealkylation sites (tertiary alicyclic amines) is 1. The van der Waals surface area contributed by atoms with Crippen molar-refractivity contribution in [3.8, 4) is 10.4 Å². The van der Waals surface area contributed by atoms with Gasteiger partial charge in [0, 0.05) is 53.8 Å². The molecule has 3 aromatic rings. The van der Waals surface area contributed by atoms with Crippen LogP contribution in [0, 0.1) is 0 Å². The number of rotatable bonds is 6. The molecule has 7 heteroatoms. The first-order valence-corrected chi connectivity index (χ1v) is 11.0. The van der Waals surface area contributed by atoms with E-state index in [1.165, 1.54) is 0 Å². The fraction of sp³-hybridized carbons (Fsp3) is 0.409. The minimum absolute atomic E-state index is 0.0916. The molecule has 6 nitrogen and oxygen atoms in total. The molecule has 1 amide bonds. The smallest absolute Gasteiger partial charge is 0.254 e. The molecule has 2 unspecified atom stereocenters. The Balaban J connectivity index is 1.56. The molecule has 1 fully saturated rings. The Labute approximate surface area is 174 Å². The second-order valence-corrected chi connectivity index (χ2v) is 8.25. The predicted octanol–water partition coefficient (Wildman–Crippen LogP) is 4.48. The van der Waals surface area contributed by atoms with E-state index in [0.717, 1.165) is 41.0 Å². The van der Waals surface area contributed by atoms with Gasteiger partial charge in [-0.1, -0.05) is 13.0 Å². The lowest BCUT2D eigenvalue weighted by Gasteiger charge is -2.46. The summed E-state index contributed by atoms with van der Waals surface area (Å²) in [6, 6.07) is 8.04. The van der Waals surface area contributed by atoms with Gasteiger partial charge < -0.3 is 9.64 Å². The highest BCUT2D eigenvalue weighted by atomic mass is 32.1. The number of aromatic nitrogens is 3. The molecule has 152 valence electrons. The van der Waals surface area contributed by atoms with Gasteiger partial charge in [0.25, 0.3) is 5.91 Å². The quantitative estimate of drug-likeness (QED) is 0.650. The third-order valence-electron chi connectivity index (χ3n) is 5.68. The molecule has 1 aliphatic heterocycles. The maximum absolute atomic E-state index is 13.3. The number of carbonyl (C=O) groups excluding carboxylic acids is 1. The molecule has 0 bridgehead atoms. The molecule has 0 saturated carbocycles. The van der Waals surface area contributed by atoms with Crippen molar-refractivity contribution in [2.45, 2.75) is 44.8 Å². The third kappa shape index (κ3) is 3.84. The van der Waals surface area contributed by atoms with E-state index in [0.29, 0.717) is 13.2 Å². The lowest BCUT2D eigenvalue weighted by molar-refractivity contribution is -0.0985. The van der Waals surface area contributed by atoms with Gasteiger partial charge in [-0.15, -0.1) is 11.3 Å². The summed E-state index contributed by atoms with van der Waals surface area (Å²) in [5.41, 5.74) is 2.28. The van der Waals surface area contributed by atoms with Gasteiger partial charge in [0.2, 0.25) is 0 Å². The maximum atomic E-state index is 13.3. The summed E-state index contributed by atoms with van der Waals surface area (Å²) in [5.74, 6) is 0.0916. The van der Waals surface area contributed by atoms with E-state index in [1.54, 1.807) is 17.5 Å². The summed E-state index contributed by atoms with van der Waals surface area (Å²) < 4.78 is 6.27. The van der Waals surface area contributed by atoms with Gasteiger partial charge in [-0.25, -0.2) is 0 Å². The first-order valence-electron chi connectivity index (χ1n) is 10.1. The Morgan fingerprint density at radius 2 is 2.31 bits per heavy atom. The Morgan fingerprint density at radius 1 is 1.41 bits per heavy atom. The summed E-state index contributed by atoms with van der Waals surface area (Å²) in [6.45, 7) is 5.44. The standard InChI is InChI=1S/C22H26N4O2S/c1-3-18-12-22(28-4-2,20-7-5-6-9-23-20)8-10-26(18)21(27)16-11-19(29-15-16)17-13-24-25-14-17/h5-7,9,11,13-15,18H,3-4,8,10,12H2,1-2H3,(H,24,25). The fourth-order valence-electron chi connectivity index (χ4n) is 4.21. The van der Waals surface area contributed by atoms with E-state index in [-0.39, 0.29) is 11.9 Å². The van der Waals surface area contributed by atoms with E-state index in [2.05, 4.69) is 22.1 Å². The second-order valence-electron chi connectivity index (χ2n) is 7.34. The highest BCUT2D eigenvalue weighted by Crippen LogP contribution is 2.40. The van der Waals surface area contributed by atoms with Crippen molar-refractivity contribution in [2.75, 3.05) is 13.2 Å². The Hall–Kier alpha value is -2.51. The normalized spacial score (nSPS) is 22.0. The van der Waals surface area contributed by atoms with Crippen LogP contribution in [-0.4, -0.2) is 45.2 Å². The summed E-state index contributed by atoms with van der Waals surface area (Å²) >= 11 is 1.57. The monoisotopic (exact) mass is 410 g/mol. The van der Waals surface area contributed by atoms with Crippen molar-refractivity contribution in [3.63, 3.8) is 0 Å². The molecule has 4 rings (SSSR count). The van der Waals surface area contributed by atoms with Crippen LogP contribution in [0.15, 0.2) is 48.2 Å². The van der Waals surface area contributed by atoms with Crippen LogP contribution in [0.4, 0.5) is 0 Å². The number of nitrogens with zero attached hydrogens (tertiary/aromatic N) is 3. The van der Waals surface area contributed by atoms with E-state index in [1.807, 2.05) is 53.9 Å². The van der Waals surface area contributed by atoms with Crippen molar-refractivity contribution >= 4 is 17.2 Å². The van der Waals surface area contributed by atoms with Crippen LogP contribution in [0.1, 0.15) is 49.2 Å². The SMILES string of the molecule is CCOC1(c2ccccn2)CCN(C(=O)c2csc(-c3cn[nH]c3)c2)C(CC)C1. The molecule has 4 heterocycles. The Kier molecular flexibility index (Phi) is 5.78. The van der Waals surface area contributed by atoms with Gasteiger partial charge in [0.1, 0.15) is 5.60 Å². The number of nitrogens with one attached hydrogen (secondary N) is 1. The molecule has 0 radical (unpaired) electrons. The van der Waals surface area contributed by atoms with Crippen LogP contribution in [0.5, 0.6) is 0 Å². The van der Waals surface area contributed by atoms with Crippen molar-refractivity contribution in [2.24, 2.45) is 0 Å². The van der Waals surface area contributed by atoms with E-state index in [9.17, 15) is 4.79 Å². The molecule has 1 aliphatic rings. The zero-order valence-corrected chi connectivity index (χ0v) is 17.6. The van der Waals surface area contributed by atoms with Gasteiger partial charge in [0.15, 0.2) is 0 Å². The highest BCUT2D eigenvalue weighted by Gasteiger charge is 2.43. The molecule has 0 aromatic carbocycles. The molecule has 1 saturated heterocycles. The number of ether oxygens (including phenoxy) is 1. The summed E-state index contributed by atoms with van der Waals surface area (Å²) in [5, 5.41) is 8.77. The molecular weight excluding hydrogens is 384 g/mol. The van der Waals surface area contributed by atoms with Crippen molar-refractivity contribution in [1.29, 1.82) is 0 Å². The number of carbonyl (C=O) groups is 1. The summed E-state index contributed by atoms with van der Waals surface area (Å²) in [7, 11) is 0. The van der Waals surface area contributed by atoms with Crippen LogP contribution in [0.2, 0.25) is 0 Å². The van der Waals surface area contributed by atoms with Crippen molar-refractivity contribution in [1.82, 2.24) is 20.1 Å². The number of hydrogen-bond acceptors (Lipinski definition) is 5. The highest BCUT2D eigenvalue weighted by molar-refractivity contribution is 7.13. The second kappa shape index (κ2) is 8.47. The zero-order chi connectivity index (χ0) is 20.3. The number of amides is 1. The number of piperidine rings is 1. The minimum Gasteiger partial charge on any atom is -0.369 e. The first kappa shape index (κ1) is 19.8. The molecule has 1 N–H and O–H groups in total. The van der Waals surface area contributed by atoms with Gasteiger partial charge in [-0.3, -0.25) is 14.9 Å². The van der Waals surface area contributed by atoms with E-state index < -0.39 is 5.60 Å². The molecular formula is C22H26N4O2S. The third-order valence-corrected chi connectivity index (χ3v) is 6.66. The van der Waals surface area contributed by atoms with Gasteiger partial charge in [0.05, 0.1) is 17.5 Å². The summed E-state index contributed by atoms with van der Waals surface area (Å²) in [4.78, 5) is 21.0. The number of thiophene rings is 1. The van der Waals surface area contributed by atoms with Crippen LogP contribution in [0.25, 0.3) is 10.4 Å². The molecule has 0 spiro atoms. The molecule has 3 aromatic heterocycles. The topological polar surface area (TPSA) is 71.1 Å². The van der Waals surface area contributed by atoms with Crippen LogP contribution in [-0.2, 0) is 10.3 Å². The fourth-order valence-corrected chi connectivity index (χ4v) is 5.07. The number of pyridine rings is 1. The first-order chi connectivity index (χ1) is 14.2. The largest absolute Gasteiger partial charge is 0.369 e. The maximum Gasteiger partial charge on any atom is 0.254 e. The van der Waals surface area contributed by atoms with E-state index in [4.69, 9.17) is 4.74 Å². The summed E-state index contributed by atoms with van der Waals surface area (Å²) in [6.07, 6.45) is 7.83. The average Bonchev–Trinajstić information content (AvgIpc) is 3.46. The minimum atomic E-state index is -0.427. The van der Waals surface area contributed by atoms with Crippen molar-refractivity contribution < 1.29 is 9.53 Å². The van der Waals surface area contributed by atoms with Gasteiger partial charge in [-0.05, 0) is 38.0 Å².